The highest BCUT2D eigenvalue weighted by Gasteiger charge is 2.24. The van der Waals surface area contributed by atoms with Crippen LogP contribution in [0.25, 0.3) is 0 Å². The fourth-order valence-electron chi connectivity index (χ4n) is 2.30. The monoisotopic (exact) mass is 297 g/mol. The van der Waals surface area contributed by atoms with Gasteiger partial charge in [-0.2, -0.15) is 0 Å². The predicted octanol–water partition coefficient (Wildman–Crippen LogP) is 0.598. The Bertz CT molecular complexity index is 523. The van der Waals surface area contributed by atoms with E-state index in [1.807, 2.05) is 0 Å². The van der Waals surface area contributed by atoms with Gasteiger partial charge < -0.3 is 15.5 Å². The van der Waals surface area contributed by atoms with Crippen LogP contribution in [0, 0.1) is 11.6 Å². The maximum Gasteiger partial charge on any atom is 0.254 e. The summed E-state index contributed by atoms with van der Waals surface area (Å²) in [5, 5.41) is 0. The van der Waals surface area contributed by atoms with E-state index < -0.39 is 17.5 Å². The largest absolute Gasteiger partial charge is 0.339 e. The zero-order valence-electron chi connectivity index (χ0n) is 11.5. The Morgan fingerprint density at radius 3 is 2.05 bits per heavy atom. The first kappa shape index (κ1) is 15.4. The molecule has 5 nitrogen and oxygen atoms in total. The smallest absolute Gasteiger partial charge is 0.254 e. The molecule has 1 heterocycles. The lowest BCUT2D eigenvalue weighted by molar-refractivity contribution is -0.132. The van der Waals surface area contributed by atoms with Crippen molar-refractivity contribution in [3.8, 4) is 0 Å². The number of hydrogen-bond acceptors (Lipinski definition) is 3. The van der Waals surface area contributed by atoms with Crippen LogP contribution >= 0.6 is 0 Å². The summed E-state index contributed by atoms with van der Waals surface area (Å²) in [6, 6.07) is 2.74. The summed E-state index contributed by atoms with van der Waals surface area (Å²) in [5.74, 6) is -2.04. The zero-order valence-corrected chi connectivity index (χ0v) is 11.5. The average molecular weight is 297 g/mol. The molecule has 0 radical (unpaired) electrons. The SMILES string of the molecule is NCCC(=O)N1CCN(C(=O)c2cc(F)cc(F)c2)CC1. The van der Waals surface area contributed by atoms with Crippen LogP contribution < -0.4 is 5.73 Å². The van der Waals surface area contributed by atoms with Gasteiger partial charge in [0.25, 0.3) is 5.91 Å². The Kier molecular flexibility index (Phi) is 4.85. The van der Waals surface area contributed by atoms with E-state index >= 15 is 0 Å². The Balaban J connectivity index is 1.98. The molecule has 0 aliphatic carbocycles. The van der Waals surface area contributed by atoms with E-state index in [0.29, 0.717) is 32.7 Å². The van der Waals surface area contributed by atoms with Gasteiger partial charge in [0.1, 0.15) is 11.6 Å². The molecule has 1 aliphatic heterocycles. The second kappa shape index (κ2) is 6.62. The van der Waals surface area contributed by atoms with Crippen molar-refractivity contribution in [3.05, 3.63) is 35.4 Å². The van der Waals surface area contributed by atoms with Crippen molar-refractivity contribution in [1.82, 2.24) is 9.80 Å². The lowest BCUT2D eigenvalue weighted by atomic mass is 10.1. The second-order valence-corrected chi connectivity index (χ2v) is 4.87. The quantitative estimate of drug-likeness (QED) is 0.888. The van der Waals surface area contributed by atoms with Crippen LogP contribution in [-0.4, -0.2) is 54.3 Å². The number of piperazine rings is 1. The van der Waals surface area contributed by atoms with Crippen LogP contribution in [0.1, 0.15) is 16.8 Å². The number of halogens is 2. The lowest BCUT2D eigenvalue weighted by Crippen LogP contribution is -2.50. The molecule has 0 bridgehead atoms. The maximum absolute atomic E-state index is 13.1. The van der Waals surface area contributed by atoms with E-state index in [1.54, 1.807) is 4.90 Å². The topological polar surface area (TPSA) is 66.6 Å². The Morgan fingerprint density at radius 2 is 1.52 bits per heavy atom. The summed E-state index contributed by atoms with van der Waals surface area (Å²) >= 11 is 0. The molecule has 0 saturated carbocycles. The highest BCUT2D eigenvalue weighted by atomic mass is 19.1. The van der Waals surface area contributed by atoms with Crippen LogP contribution in [-0.2, 0) is 4.79 Å². The van der Waals surface area contributed by atoms with Crippen LogP contribution in [0.5, 0.6) is 0 Å². The molecule has 0 atom stereocenters. The number of nitrogens with two attached hydrogens (primary N) is 1. The van der Waals surface area contributed by atoms with Crippen LogP contribution in [0.3, 0.4) is 0 Å². The van der Waals surface area contributed by atoms with Gasteiger partial charge in [0.15, 0.2) is 0 Å². The molecule has 1 aromatic carbocycles. The molecule has 114 valence electrons. The molecule has 2 amide bonds. The third-order valence-electron chi connectivity index (χ3n) is 3.39. The summed E-state index contributed by atoms with van der Waals surface area (Å²) in [4.78, 5) is 27.0. The van der Waals surface area contributed by atoms with Crippen molar-refractivity contribution in [2.24, 2.45) is 5.73 Å². The van der Waals surface area contributed by atoms with Gasteiger partial charge in [0.2, 0.25) is 5.91 Å². The normalized spacial score (nSPS) is 15.2. The fourth-order valence-corrected chi connectivity index (χ4v) is 2.30. The standard InChI is InChI=1S/C14H17F2N3O2/c15-11-7-10(8-12(16)9-11)14(21)19-5-3-18(4-6-19)13(20)1-2-17/h7-9H,1-6,17H2. The van der Waals surface area contributed by atoms with Gasteiger partial charge in [-0.05, 0) is 12.1 Å². The van der Waals surface area contributed by atoms with Gasteiger partial charge in [-0.25, -0.2) is 8.78 Å². The van der Waals surface area contributed by atoms with Crippen molar-refractivity contribution in [2.75, 3.05) is 32.7 Å². The number of carbonyl (C=O) groups is 2. The number of nitrogens with zero attached hydrogens (tertiary/aromatic N) is 2. The summed E-state index contributed by atoms with van der Waals surface area (Å²) in [5.41, 5.74) is 5.31. The molecule has 21 heavy (non-hydrogen) atoms. The highest BCUT2D eigenvalue weighted by molar-refractivity contribution is 5.94. The molecule has 1 saturated heterocycles. The molecule has 0 unspecified atom stereocenters. The third-order valence-corrected chi connectivity index (χ3v) is 3.39. The van der Waals surface area contributed by atoms with E-state index in [-0.39, 0.29) is 17.9 Å². The van der Waals surface area contributed by atoms with Crippen molar-refractivity contribution in [3.63, 3.8) is 0 Å². The van der Waals surface area contributed by atoms with Gasteiger partial charge in [-0.15, -0.1) is 0 Å². The molecule has 1 aliphatic rings. The van der Waals surface area contributed by atoms with Crippen molar-refractivity contribution >= 4 is 11.8 Å². The minimum Gasteiger partial charge on any atom is -0.339 e. The highest BCUT2D eigenvalue weighted by Crippen LogP contribution is 2.13. The van der Waals surface area contributed by atoms with E-state index in [9.17, 15) is 18.4 Å². The van der Waals surface area contributed by atoms with E-state index in [4.69, 9.17) is 5.73 Å². The molecule has 2 rings (SSSR count). The van der Waals surface area contributed by atoms with E-state index in [2.05, 4.69) is 0 Å². The number of benzene rings is 1. The first-order valence-corrected chi connectivity index (χ1v) is 6.74. The van der Waals surface area contributed by atoms with Crippen LogP contribution in [0.15, 0.2) is 18.2 Å². The number of amides is 2. The van der Waals surface area contributed by atoms with Crippen molar-refractivity contribution in [1.29, 1.82) is 0 Å². The summed E-state index contributed by atoms with van der Waals surface area (Å²) in [6.45, 7) is 1.78. The zero-order chi connectivity index (χ0) is 15.4. The maximum atomic E-state index is 13.1. The van der Waals surface area contributed by atoms with E-state index in [1.165, 1.54) is 4.90 Å². The summed E-state index contributed by atoms with van der Waals surface area (Å²) in [7, 11) is 0. The van der Waals surface area contributed by atoms with Gasteiger partial charge in [-0.1, -0.05) is 0 Å². The van der Waals surface area contributed by atoms with Gasteiger partial charge >= 0.3 is 0 Å². The number of rotatable bonds is 3. The van der Waals surface area contributed by atoms with Crippen LogP contribution in [0.2, 0.25) is 0 Å². The summed E-state index contributed by atoms with van der Waals surface area (Å²) in [6.07, 6.45) is 0.281. The first-order valence-electron chi connectivity index (χ1n) is 6.74. The second-order valence-electron chi connectivity index (χ2n) is 4.87. The summed E-state index contributed by atoms with van der Waals surface area (Å²) < 4.78 is 26.3. The van der Waals surface area contributed by atoms with E-state index in [0.717, 1.165) is 18.2 Å². The van der Waals surface area contributed by atoms with Gasteiger partial charge in [0, 0.05) is 50.8 Å². The molecule has 0 spiro atoms. The molecular formula is C14H17F2N3O2. The Labute approximate surface area is 121 Å². The van der Waals surface area contributed by atoms with Gasteiger partial charge in [-0.3, -0.25) is 9.59 Å². The molecule has 7 heteroatoms. The fraction of sp³-hybridized carbons (Fsp3) is 0.429. The average Bonchev–Trinajstić information content (AvgIpc) is 2.46. The molecular weight excluding hydrogens is 280 g/mol. The molecule has 1 aromatic rings. The van der Waals surface area contributed by atoms with Crippen molar-refractivity contribution < 1.29 is 18.4 Å². The molecule has 1 fully saturated rings. The first-order chi connectivity index (χ1) is 10.0. The number of carbonyl (C=O) groups excluding carboxylic acids is 2. The van der Waals surface area contributed by atoms with Crippen LogP contribution in [0.4, 0.5) is 8.78 Å². The van der Waals surface area contributed by atoms with Gasteiger partial charge in [0.05, 0.1) is 0 Å². The minimum absolute atomic E-state index is 0.0192. The van der Waals surface area contributed by atoms with Crippen molar-refractivity contribution in [2.45, 2.75) is 6.42 Å². The molecule has 0 aromatic heterocycles. The number of hydrogen-bond donors (Lipinski definition) is 1. The third kappa shape index (κ3) is 3.75. The lowest BCUT2D eigenvalue weighted by Gasteiger charge is -2.34. The minimum atomic E-state index is -0.782. The molecule has 2 N–H and O–H groups in total. The Morgan fingerprint density at radius 1 is 1.00 bits per heavy atom. The Hall–Kier alpha value is -2.02. The predicted molar refractivity (Wildman–Crippen MR) is 72.5 cm³/mol.